The molecule has 0 radical (unpaired) electrons. The van der Waals surface area contributed by atoms with Gasteiger partial charge < -0.3 is 14.9 Å². The summed E-state index contributed by atoms with van der Waals surface area (Å²) >= 11 is 0. The summed E-state index contributed by atoms with van der Waals surface area (Å²) in [6.07, 6.45) is -1.06. The monoisotopic (exact) mass is 558 g/mol. The average molecular weight is 559 g/mol. The van der Waals surface area contributed by atoms with Crippen LogP contribution >= 0.6 is 0 Å². The minimum absolute atomic E-state index is 0.0265. The quantitative estimate of drug-likeness (QED) is 0.479. The van der Waals surface area contributed by atoms with E-state index in [4.69, 9.17) is 0 Å². The Morgan fingerprint density at radius 2 is 1.77 bits per heavy atom. The highest BCUT2D eigenvalue weighted by atomic mass is 19.3. The van der Waals surface area contributed by atoms with Gasteiger partial charge in [0.15, 0.2) is 11.7 Å². The van der Waals surface area contributed by atoms with Gasteiger partial charge in [-0.3, -0.25) is 18.8 Å². The summed E-state index contributed by atoms with van der Waals surface area (Å²) in [6, 6.07) is 7.43. The lowest BCUT2D eigenvalue weighted by Gasteiger charge is -2.39. The number of carbonyl (C=O) groups is 1. The Kier molecular flexibility index (Phi) is 7.83. The Bertz CT molecular complexity index is 1460. The van der Waals surface area contributed by atoms with Crippen LogP contribution in [0, 0.1) is 0 Å². The molecule has 1 aromatic carbocycles. The minimum Gasteiger partial charge on any atom is -0.388 e. The highest BCUT2D eigenvalue weighted by Gasteiger charge is 2.42. The van der Waals surface area contributed by atoms with E-state index in [0.29, 0.717) is 5.52 Å². The number of benzene rings is 1. The molecular formula is C28H33F3N6O3. The maximum Gasteiger partial charge on any atom is 0.281 e. The van der Waals surface area contributed by atoms with Crippen molar-refractivity contribution in [3.63, 3.8) is 0 Å². The Morgan fingerprint density at radius 3 is 2.40 bits per heavy atom. The Labute approximate surface area is 229 Å². The number of hydrogen-bond donors (Lipinski definition) is 1. The van der Waals surface area contributed by atoms with E-state index in [-0.39, 0.29) is 43.6 Å². The van der Waals surface area contributed by atoms with E-state index in [1.165, 1.54) is 40.1 Å². The molecule has 2 aliphatic rings. The van der Waals surface area contributed by atoms with Gasteiger partial charge in [0.2, 0.25) is 6.43 Å². The number of nitrogens with zero attached hydrogens (tertiary/aromatic N) is 6. The largest absolute Gasteiger partial charge is 0.388 e. The zero-order valence-corrected chi connectivity index (χ0v) is 22.5. The van der Waals surface area contributed by atoms with Crippen molar-refractivity contribution in [1.82, 2.24) is 29.1 Å². The molecule has 2 aromatic heterocycles. The number of amides is 1. The van der Waals surface area contributed by atoms with Crippen LogP contribution in [0.15, 0.2) is 47.5 Å². The zero-order valence-electron chi connectivity index (χ0n) is 22.5. The van der Waals surface area contributed by atoms with Crippen LogP contribution in [0.5, 0.6) is 0 Å². The second-order valence-electron chi connectivity index (χ2n) is 10.8. The Hall–Kier alpha value is -3.51. The van der Waals surface area contributed by atoms with E-state index in [2.05, 4.69) is 21.1 Å². The molecule has 12 heteroatoms. The van der Waals surface area contributed by atoms with Crippen molar-refractivity contribution >= 4 is 22.5 Å². The standard InChI is InChI=1S/C28H33F3N6O3/c1-34-12-8-19(9-13-34)24-22-23(33-35(24)2)27(39)37(17-32-22)16-28(40)10-14-36(15-11-28)26(38)21(29)20(25(30)31)18-6-4-3-5-7-18/h3-8,17,20-21,25,40H,9-16H2,1-2H3. The number of carbonyl (C=O) groups excluding carboxylic acids is 1. The van der Waals surface area contributed by atoms with Gasteiger partial charge in [0.25, 0.3) is 11.5 Å². The molecule has 1 amide bonds. The van der Waals surface area contributed by atoms with Crippen molar-refractivity contribution in [2.24, 2.45) is 7.05 Å². The molecule has 5 rings (SSSR count). The Morgan fingerprint density at radius 1 is 1.07 bits per heavy atom. The lowest BCUT2D eigenvalue weighted by atomic mass is 9.89. The van der Waals surface area contributed by atoms with Crippen LogP contribution in [0.25, 0.3) is 16.6 Å². The van der Waals surface area contributed by atoms with Crippen molar-refractivity contribution in [2.75, 3.05) is 33.2 Å². The van der Waals surface area contributed by atoms with Crippen LogP contribution in [-0.4, -0.2) is 91.6 Å². The normalized spacial score (nSPS) is 19.6. The van der Waals surface area contributed by atoms with Gasteiger partial charge in [-0.25, -0.2) is 18.2 Å². The third-order valence-electron chi connectivity index (χ3n) is 8.01. The summed E-state index contributed by atoms with van der Waals surface area (Å²) < 4.78 is 45.5. The average Bonchev–Trinajstić information content (AvgIpc) is 3.28. The maximum atomic E-state index is 15.1. The van der Waals surface area contributed by atoms with Gasteiger partial charge in [0, 0.05) is 33.2 Å². The second-order valence-corrected chi connectivity index (χ2v) is 10.8. The van der Waals surface area contributed by atoms with E-state index in [0.717, 1.165) is 30.8 Å². The van der Waals surface area contributed by atoms with Gasteiger partial charge in [-0.05, 0) is 37.4 Å². The van der Waals surface area contributed by atoms with Crippen LogP contribution in [0.2, 0.25) is 0 Å². The molecule has 214 valence electrons. The molecule has 2 unspecified atom stereocenters. The zero-order chi connectivity index (χ0) is 28.6. The van der Waals surface area contributed by atoms with Crippen molar-refractivity contribution in [1.29, 1.82) is 0 Å². The second kappa shape index (κ2) is 11.2. The molecule has 3 aromatic rings. The van der Waals surface area contributed by atoms with Gasteiger partial charge >= 0.3 is 0 Å². The van der Waals surface area contributed by atoms with E-state index < -0.39 is 35.6 Å². The number of halogens is 3. The molecule has 0 spiro atoms. The summed E-state index contributed by atoms with van der Waals surface area (Å²) in [5.74, 6) is -2.90. The van der Waals surface area contributed by atoms with Crippen LogP contribution in [0.1, 0.15) is 36.4 Å². The molecule has 1 saturated heterocycles. The first-order valence-corrected chi connectivity index (χ1v) is 13.4. The summed E-state index contributed by atoms with van der Waals surface area (Å²) in [4.78, 5) is 34.0. The lowest BCUT2D eigenvalue weighted by molar-refractivity contribution is -0.143. The molecule has 40 heavy (non-hydrogen) atoms. The molecule has 2 aliphatic heterocycles. The molecule has 1 fully saturated rings. The van der Waals surface area contributed by atoms with Crippen LogP contribution in [-0.2, 0) is 18.4 Å². The van der Waals surface area contributed by atoms with Gasteiger partial charge in [-0.2, -0.15) is 5.10 Å². The predicted molar refractivity (Wildman–Crippen MR) is 144 cm³/mol. The molecular weight excluding hydrogens is 525 g/mol. The van der Waals surface area contributed by atoms with Crippen LogP contribution < -0.4 is 5.56 Å². The number of piperidine rings is 1. The number of rotatable bonds is 7. The highest BCUT2D eigenvalue weighted by molar-refractivity contribution is 5.87. The van der Waals surface area contributed by atoms with Gasteiger partial charge in [-0.1, -0.05) is 36.4 Å². The van der Waals surface area contributed by atoms with Gasteiger partial charge in [0.05, 0.1) is 30.1 Å². The molecule has 1 N–H and O–H groups in total. The summed E-state index contributed by atoms with van der Waals surface area (Å²) in [5.41, 5.74) is 0.894. The number of alkyl halides is 3. The summed E-state index contributed by atoms with van der Waals surface area (Å²) in [7, 11) is 3.81. The molecule has 0 bridgehead atoms. The molecule has 9 nitrogen and oxygen atoms in total. The van der Waals surface area contributed by atoms with Crippen molar-refractivity contribution in [2.45, 2.75) is 49.9 Å². The number of hydrogen-bond acceptors (Lipinski definition) is 6. The molecule has 0 aliphatic carbocycles. The Balaban J connectivity index is 1.28. The smallest absolute Gasteiger partial charge is 0.281 e. The van der Waals surface area contributed by atoms with Crippen molar-refractivity contribution < 1.29 is 23.1 Å². The number of fused-ring (bicyclic) bond motifs is 1. The first-order valence-electron chi connectivity index (χ1n) is 13.4. The van der Waals surface area contributed by atoms with Crippen molar-refractivity contribution in [3.05, 3.63) is 64.3 Å². The first kappa shape index (κ1) is 28.0. The van der Waals surface area contributed by atoms with Gasteiger partial charge in [0.1, 0.15) is 5.52 Å². The predicted octanol–water partition coefficient (Wildman–Crippen LogP) is 2.59. The highest BCUT2D eigenvalue weighted by Crippen LogP contribution is 2.32. The summed E-state index contributed by atoms with van der Waals surface area (Å²) in [5, 5.41) is 15.7. The van der Waals surface area contributed by atoms with E-state index >= 15 is 4.39 Å². The third kappa shape index (κ3) is 5.42. The fourth-order valence-corrected chi connectivity index (χ4v) is 5.62. The van der Waals surface area contributed by atoms with Crippen LogP contribution in [0.3, 0.4) is 0 Å². The minimum atomic E-state index is -3.06. The topological polar surface area (TPSA) is 96.5 Å². The summed E-state index contributed by atoms with van der Waals surface area (Å²) in [6.45, 7) is 1.55. The third-order valence-corrected chi connectivity index (χ3v) is 8.01. The number of aliphatic hydroxyl groups is 1. The SMILES string of the molecule is CN1CC=C(c2c3ncn(CC4(O)CCN(C(=O)C(F)C(c5ccccc5)C(F)F)CC4)c(=O)c3nn2C)CC1. The molecule has 0 saturated carbocycles. The number of aromatic nitrogens is 4. The van der Waals surface area contributed by atoms with Crippen LogP contribution in [0.4, 0.5) is 13.2 Å². The molecule has 2 atom stereocenters. The lowest BCUT2D eigenvalue weighted by Crippen LogP contribution is -2.52. The maximum absolute atomic E-state index is 15.1. The fourth-order valence-electron chi connectivity index (χ4n) is 5.62. The van der Waals surface area contributed by atoms with E-state index in [9.17, 15) is 23.5 Å². The fraction of sp³-hybridized carbons (Fsp3) is 0.500. The first-order chi connectivity index (χ1) is 19.1. The number of likely N-dealkylation sites (tertiary alicyclic amines) is 1. The number of aryl methyl sites for hydroxylation is 1. The molecule has 4 heterocycles. The van der Waals surface area contributed by atoms with Crippen molar-refractivity contribution in [3.8, 4) is 0 Å². The van der Waals surface area contributed by atoms with E-state index in [1.807, 2.05) is 7.05 Å². The van der Waals surface area contributed by atoms with E-state index in [1.54, 1.807) is 17.8 Å². The number of likely N-dealkylation sites (N-methyl/N-ethyl adjacent to an activating group) is 1. The van der Waals surface area contributed by atoms with Gasteiger partial charge in [-0.15, -0.1) is 0 Å².